The quantitative estimate of drug-likeness (QED) is 0.829. The maximum atomic E-state index is 10.3. The first-order valence-corrected chi connectivity index (χ1v) is 6.29. The molecule has 0 aliphatic heterocycles. The van der Waals surface area contributed by atoms with Gasteiger partial charge in [-0.25, -0.2) is 0 Å². The van der Waals surface area contributed by atoms with Crippen LogP contribution in [-0.2, 0) is 0 Å². The van der Waals surface area contributed by atoms with E-state index in [-0.39, 0.29) is 5.92 Å². The van der Waals surface area contributed by atoms with E-state index >= 15 is 0 Å². The van der Waals surface area contributed by atoms with E-state index in [1.165, 1.54) is 5.56 Å². The van der Waals surface area contributed by atoms with Gasteiger partial charge < -0.3 is 5.11 Å². The van der Waals surface area contributed by atoms with Gasteiger partial charge in [0.1, 0.15) is 0 Å². The minimum atomic E-state index is -0.391. The van der Waals surface area contributed by atoms with Crippen LogP contribution in [0.1, 0.15) is 43.4 Å². The lowest BCUT2D eigenvalue weighted by atomic mass is 9.89. The Labute approximate surface area is 103 Å². The molecule has 1 aliphatic rings. The van der Waals surface area contributed by atoms with Gasteiger partial charge in [-0.3, -0.25) is 0 Å². The Kier molecular flexibility index (Phi) is 3.80. The molecule has 0 amide bonds. The summed E-state index contributed by atoms with van der Waals surface area (Å²) in [6, 6.07) is 8.33. The third-order valence-electron chi connectivity index (χ3n) is 3.36. The molecule has 0 fully saturated rings. The first-order chi connectivity index (χ1) is 8.18. The highest BCUT2D eigenvalue weighted by Crippen LogP contribution is 2.29. The molecule has 0 saturated heterocycles. The van der Waals surface area contributed by atoms with E-state index < -0.39 is 6.10 Å². The van der Waals surface area contributed by atoms with Gasteiger partial charge in [-0.1, -0.05) is 62.4 Å². The Hall–Kier alpha value is -1.34. The summed E-state index contributed by atoms with van der Waals surface area (Å²) in [5.74, 6) is 0.753. The number of allylic oxidation sites excluding steroid dienone is 3. The number of hydrogen-bond donors (Lipinski definition) is 1. The summed E-state index contributed by atoms with van der Waals surface area (Å²) in [5, 5.41) is 10.3. The summed E-state index contributed by atoms with van der Waals surface area (Å²) in [5.41, 5.74) is 2.33. The molecule has 1 N–H and O–H groups in total. The lowest BCUT2D eigenvalue weighted by Crippen LogP contribution is -2.11. The fourth-order valence-electron chi connectivity index (χ4n) is 2.16. The van der Waals surface area contributed by atoms with Gasteiger partial charge in [0.15, 0.2) is 0 Å². The van der Waals surface area contributed by atoms with Crippen LogP contribution in [0.4, 0.5) is 0 Å². The van der Waals surface area contributed by atoms with Crippen molar-refractivity contribution in [3.8, 4) is 0 Å². The molecule has 17 heavy (non-hydrogen) atoms. The molecule has 1 heteroatoms. The normalized spacial score (nSPS) is 20.8. The molecular weight excluding hydrogens is 208 g/mol. The zero-order valence-corrected chi connectivity index (χ0v) is 10.5. The van der Waals surface area contributed by atoms with Crippen molar-refractivity contribution in [2.24, 2.45) is 5.92 Å². The van der Waals surface area contributed by atoms with Crippen LogP contribution in [0.2, 0.25) is 0 Å². The van der Waals surface area contributed by atoms with Crippen LogP contribution in [0.25, 0.3) is 0 Å². The number of hydrogen-bond acceptors (Lipinski definition) is 1. The molecule has 0 unspecified atom stereocenters. The Morgan fingerprint density at radius 1 is 1.06 bits per heavy atom. The Bertz CT molecular complexity index is 412. The van der Waals surface area contributed by atoms with Crippen molar-refractivity contribution in [1.29, 1.82) is 0 Å². The summed E-state index contributed by atoms with van der Waals surface area (Å²) in [6.45, 7) is 4.36. The van der Waals surface area contributed by atoms with E-state index in [4.69, 9.17) is 0 Å². The molecule has 2 rings (SSSR count). The lowest BCUT2D eigenvalue weighted by Gasteiger charge is -2.21. The van der Waals surface area contributed by atoms with Gasteiger partial charge in [0.25, 0.3) is 0 Å². The van der Waals surface area contributed by atoms with Gasteiger partial charge in [-0.05, 0) is 23.5 Å². The zero-order valence-electron chi connectivity index (χ0n) is 10.5. The number of aliphatic hydroxyl groups excluding tert-OH is 1. The minimum absolute atomic E-state index is 0.213. The zero-order chi connectivity index (χ0) is 12.3. The summed E-state index contributed by atoms with van der Waals surface area (Å²) in [4.78, 5) is 0. The van der Waals surface area contributed by atoms with E-state index in [1.54, 1.807) is 0 Å². The minimum Gasteiger partial charge on any atom is -0.388 e. The van der Waals surface area contributed by atoms with Crippen LogP contribution >= 0.6 is 0 Å². The third-order valence-corrected chi connectivity index (χ3v) is 3.36. The number of aliphatic hydroxyl groups is 1. The van der Waals surface area contributed by atoms with Gasteiger partial charge >= 0.3 is 0 Å². The molecular formula is C16H20O. The van der Waals surface area contributed by atoms with Crippen molar-refractivity contribution in [3.63, 3.8) is 0 Å². The summed E-state index contributed by atoms with van der Waals surface area (Å²) in [6.07, 6.45) is 8.77. The summed E-state index contributed by atoms with van der Waals surface area (Å²) < 4.78 is 0. The van der Waals surface area contributed by atoms with E-state index in [1.807, 2.05) is 24.3 Å². The van der Waals surface area contributed by atoms with Crippen LogP contribution in [-0.4, -0.2) is 5.11 Å². The van der Waals surface area contributed by atoms with E-state index in [9.17, 15) is 5.11 Å². The molecule has 1 aromatic carbocycles. The van der Waals surface area contributed by atoms with Crippen molar-refractivity contribution >= 4 is 0 Å². The maximum Gasteiger partial charge on any atom is 0.0855 e. The van der Waals surface area contributed by atoms with E-state index in [2.05, 4.69) is 38.1 Å². The number of benzene rings is 1. The summed E-state index contributed by atoms with van der Waals surface area (Å²) >= 11 is 0. The highest BCUT2D eigenvalue weighted by atomic mass is 16.3. The average Bonchev–Trinajstić information content (AvgIpc) is 2.39. The van der Waals surface area contributed by atoms with Crippen LogP contribution in [0, 0.1) is 5.92 Å². The summed E-state index contributed by atoms with van der Waals surface area (Å²) in [7, 11) is 0. The van der Waals surface area contributed by atoms with Gasteiger partial charge in [0, 0.05) is 5.92 Å². The van der Waals surface area contributed by atoms with Crippen molar-refractivity contribution in [3.05, 3.63) is 59.7 Å². The van der Waals surface area contributed by atoms with Gasteiger partial charge in [0.05, 0.1) is 6.10 Å². The molecule has 1 aromatic rings. The van der Waals surface area contributed by atoms with Crippen LogP contribution in [0.5, 0.6) is 0 Å². The first-order valence-electron chi connectivity index (χ1n) is 6.29. The monoisotopic (exact) mass is 228 g/mol. The molecule has 90 valence electrons. The largest absolute Gasteiger partial charge is 0.388 e. The molecule has 0 aromatic heterocycles. The molecule has 0 spiro atoms. The molecule has 1 aliphatic carbocycles. The van der Waals surface area contributed by atoms with Crippen molar-refractivity contribution < 1.29 is 5.11 Å². The molecule has 2 atom stereocenters. The number of rotatable bonds is 3. The highest BCUT2D eigenvalue weighted by Gasteiger charge is 2.18. The van der Waals surface area contributed by atoms with Gasteiger partial charge in [-0.15, -0.1) is 0 Å². The second-order valence-electron chi connectivity index (χ2n) is 4.98. The predicted molar refractivity (Wildman–Crippen MR) is 71.9 cm³/mol. The van der Waals surface area contributed by atoms with Gasteiger partial charge in [0.2, 0.25) is 0 Å². The molecule has 0 saturated carbocycles. The smallest absolute Gasteiger partial charge is 0.0855 e. The second kappa shape index (κ2) is 5.33. The fraction of sp³-hybridized carbons (Fsp3) is 0.375. The third kappa shape index (κ3) is 2.86. The molecule has 0 heterocycles. The van der Waals surface area contributed by atoms with Crippen LogP contribution in [0.15, 0.2) is 48.6 Å². The SMILES string of the molecule is CC(C)c1ccc([C@H](O)[C@@H]2C=CC=CC2)cc1. The Morgan fingerprint density at radius 2 is 1.71 bits per heavy atom. The topological polar surface area (TPSA) is 20.2 Å². The van der Waals surface area contributed by atoms with Gasteiger partial charge in [-0.2, -0.15) is 0 Å². The highest BCUT2D eigenvalue weighted by molar-refractivity contribution is 5.28. The predicted octanol–water partition coefficient (Wildman–Crippen LogP) is 3.98. The van der Waals surface area contributed by atoms with Crippen LogP contribution in [0.3, 0.4) is 0 Å². The van der Waals surface area contributed by atoms with E-state index in [0.29, 0.717) is 5.92 Å². The lowest BCUT2D eigenvalue weighted by molar-refractivity contribution is 0.132. The Balaban J connectivity index is 2.11. The maximum absolute atomic E-state index is 10.3. The van der Waals surface area contributed by atoms with Crippen LogP contribution < -0.4 is 0 Å². The standard InChI is InChI=1S/C16H20O/c1-12(2)13-8-10-15(11-9-13)16(17)14-6-4-3-5-7-14/h3-6,8-12,14,16-17H,7H2,1-2H3/t14-,16-/m1/s1. The Morgan fingerprint density at radius 3 is 2.24 bits per heavy atom. The molecule has 0 radical (unpaired) electrons. The second-order valence-corrected chi connectivity index (χ2v) is 4.98. The van der Waals surface area contributed by atoms with Crippen molar-refractivity contribution in [2.45, 2.75) is 32.3 Å². The molecule has 1 nitrogen and oxygen atoms in total. The average molecular weight is 228 g/mol. The molecule has 0 bridgehead atoms. The van der Waals surface area contributed by atoms with Crippen molar-refractivity contribution in [2.75, 3.05) is 0 Å². The van der Waals surface area contributed by atoms with Crippen molar-refractivity contribution in [1.82, 2.24) is 0 Å². The first kappa shape index (κ1) is 12.1. The fourth-order valence-corrected chi connectivity index (χ4v) is 2.16. The van der Waals surface area contributed by atoms with E-state index in [0.717, 1.165) is 12.0 Å².